The Morgan fingerprint density at radius 2 is 2.06 bits per heavy atom. The Morgan fingerprint density at radius 1 is 1.26 bits per heavy atom. The van der Waals surface area contributed by atoms with Crippen molar-refractivity contribution in [2.75, 3.05) is 25.0 Å². The molecule has 35 heavy (non-hydrogen) atoms. The van der Waals surface area contributed by atoms with Crippen molar-refractivity contribution in [2.45, 2.75) is 19.4 Å². The molecule has 1 aromatic carbocycles. The van der Waals surface area contributed by atoms with Crippen LogP contribution in [0.15, 0.2) is 24.5 Å². The predicted octanol–water partition coefficient (Wildman–Crippen LogP) is 2.68. The van der Waals surface area contributed by atoms with Gasteiger partial charge in [0, 0.05) is 37.5 Å². The third-order valence-corrected chi connectivity index (χ3v) is 6.65. The Bertz CT molecular complexity index is 1460. The van der Waals surface area contributed by atoms with Crippen molar-refractivity contribution in [1.82, 2.24) is 30.2 Å². The summed E-state index contributed by atoms with van der Waals surface area (Å²) >= 11 is 0. The van der Waals surface area contributed by atoms with E-state index >= 15 is 0 Å². The van der Waals surface area contributed by atoms with Crippen molar-refractivity contribution in [2.24, 2.45) is 11.8 Å². The topological polar surface area (TPSA) is 138 Å². The lowest BCUT2D eigenvalue weighted by atomic mass is 9.74. The van der Waals surface area contributed by atoms with Crippen LogP contribution in [0.3, 0.4) is 0 Å². The van der Waals surface area contributed by atoms with Gasteiger partial charge < -0.3 is 29.8 Å². The lowest BCUT2D eigenvalue weighted by Gasteiger charge is -2.34. The van der Waals surface area contributed by atoms with Gasteiger partial charge in [0.05, 0.1) is 29.4 Å². The first-order valence-corrected chi connectivity index (χ1v) is 11.2. The summed E-state index contributed by atoms with van der Waals surface area (Å²) < 4.78 is 25.7. The molecule has 12 heteroatoms. The first-order valence-electron chi connectivity index (χ1n) is 11.2. The molecular weight excluding hydrogens is 457 g/mol. The van der Waals surface area contributed by atoms with E-state index in [9.17, 15) is 14.3 Å². The van der Waals surface area contributed by atoms with Gasteiger partial charge in [-0.1, -0.05) is 0 Å². The van der Waals surface area contributed by atoms with E-state index in [0.29, 0.717) is 58.3 Å². The van der Waals surface area contributed by atoms with Crippen LogP contribution < -0.4 is 19.7 Å². The average Bonchev–Trinajstić information content (AvgIpc) is 3.37. The molecule has 4 aromatic rings. The number of aryl methyl sites for hydroxylation is 1. The normalized spacial score (nSPS) is 21.1. The molecule has 1 aliphatic heterocycles. The van der Waals surface area contributed by atoms with Crippen molar-refractivity contribution in [1.29, 1.82) is 0 Å². The number of carbonyl (C=O) groups is 1. The highest BCUT2D eigenvalue weighted by Gasteiger charge is 2.47. The van der Waals surface area contributed by atoms with E-state index in [2.05, 4.69) is 35.1 Å². The number of aliphatic hydroxyl groups excluding tert-OH is 1. The Morgan fingerprint density at radius 3 is 2.77 bits per heavy atom. The summed E-state index contributed by atoms with van der Waals surface area (Å²) in [5, 5.41) is 13.6. The number of amides is 1. The zero-order valence-electron chi connectivity index (χ0n) is 18.9. The number of hydrogen-bond donors (Lipinski definition) is 3. The van der Waals surface area contributed by atoms with E-state index < -0.39 is 11.9 Å². The number of halogens is 1. The monoisotopic (exact) mass is 479 g/mol. The van der Waals surface area contributed by atoms with Crippen LogP contribution in [0.1, 0.15) is 12.2 Å². The molecule has 1 aliphatic carbocycles. The number of nitrogens with zero attached hydrogens (tertiary/aromatic N) is 5. The molecule has 3 unspecified atom stereocenters. The zero-order valence-corrected chi connectivity index (χ0v) is 18.9. The average molecular weight is 479 g/mol. The Balaban J connectivity index is 1.52. The number of aliphatic hydroxyl groups is 1. The van der Waals surface area contributed by atoms with E-state index in [1.807, 2.05) is 0 Å². The molecule has 3 N–H and O–H groups in total. The van der Waals surface area contributed by atoms with Crippen molar-refractivity contribution >= 4 is 33.8 Å². The molecule has 6 rings (SSSR count). The Hall–Kier alpha value is -4.06. The molecule has 2 fully saturated rings. The highest BCUT2D eigenvalue weighted by atomic mass is 19.1. The number of aromatic amines is 1. The van der Waals surface area contributed by atoms with Gasteiger partial charge in [0.1, 0.15) is 23.1 Å². The number of anilines is 1. The Labute approximate surface area is 198 Å². The molecule has 2 aliphatic rings. The number of hydrogen-bond acceptors (Lipinski definition) is 9. The number of benzene rings is 1. The summed E-state index contributed by atoms with van der Waals surface area (Å²) in [6.45, 7) is 3.07. The SMILES string of the molecule is CNC(=O)Oc1cc(F)cc2c1[nH]c1nc(Oc3cnc(C)nc3)nc(N3CC4CC(O)C4C3)c12. The summed E-state index contributed by atoms with van der Waals surface area (Å²) in [5.41, 5.74) is 0.791. The number of nitrogens with one attached hydrogen (secondary N) is 2. The molecule has 1 saturated heterocycles. The maximum Gasteiger partial charge on any atom is 0.412 e. The molecule has 3 atom stereocenters. The molecule has 3 aromatic heterocycles. The lowest BCUT2D eigenvalue weighted by molar-refractivity contribution is -0.00399. The number of ether oxygens (including phenoxy) is 2. The standard InChI is InChI=1S/C23H22FN7O4/c1-10-26-6-13(7-27-10)34-22-29-20-18(21(30-22)31-8-11-3-16(32)15(11)9-31)14-4-12(24)5-17(19(14)28-20)35-23(33)25-2/h4-7,11,15-16,32H,3,8-9H2,1-2H3,(H,25,33)(H,28,29,30). The minimum absolute atomic E-state index is 0.0228. The molecule has 1 amide bonds. The maximum absolute atomic E-state index is 14.6. The highest BCUT2D eigenvalue weighted by molar-refractivity contribution is 6.13. The fourth-order valence-corrected chi connectivity index (χ4v) is 4.88. The van der Waals surface area contributed by atoms with Crippen LogP contribution in [0.4, 0.5) is 15.0 Å². The quantitative estimate of drug-likeness (QED) is 0.403. The van der Waals surface area contributed by atoms with Gasteiger partial charge in [-0.15, -0.1) is 0 Å². The van der Waals surface area contributed by atoms with Crippen LogP contribution in [-0.2, 0) is 0 Å². The van der Waals surface area contributed by atoms with E-state index in [1.165, 1.54) is 25.5 Å². The second-order valence-electron chi connectivity index (χ2n) is 8.84. The molecular formula is C23H22FN7O4. The zero-order chi connectivity index (χ0) is 24.3. The second-order valence-corrected chi connectivity index (χ2v) is 8.84. The van der Waals surface area contributed by atoms with Gasteiger partial charge >= 0.3 is 12.1 Å². The van der Waals surface area contributed by atoms with E-state index in [1.54, 1.807) is 6.92 Å². The third kappa shape index (κ3) is 3.66. The largest absolute Gasteiger partial charge is 0.421 e. The fraction of sp³-hybridized carbons (Fsp3) is 0.348. The van der Waals surface area contributed by atoms with Gasteiger partial charge in [0.25, 0.3) is 0 Å². The molecule has 4 heterocycles. The van der Waals surface area contributed by atoms with Gasteiger partial charge in [-0.05, 0) is 25.3 Å². The molecule has 11 nitrogen and oxygen atoms in total. The van der Waals surface area contributed by atoms with Crippen LogP contribution in [-0.4, -0.2) is 62.4 Å². The van der Waals surface area contributed by atoms with Gasteiger partial charge in [-0.25, -0.2) is 19.2 Å². The smallest absolute Gasteiger partial charge is 0.412 e. The van der Waals surface area contributed by atoms with Crippen LogP contribution in [0.25, 0.3) is 21.9 Å². The molecule has 180 valence electrons. The minimum atomic E-state index is -0.727. The van der Waals surface area contributed by atoms with Gasteiger partial charge in [-0.2, -0.15) is 9.97 Å². The van der Waals surface area contributed by atoms with Crippen LogP contribution in [0, 0.1) is 24.6 Å². The summed E-state index contributed by atoms with van der Waals surface area (Å²) in [5.74, 6) is 1.47. The summed E-state index contributed by atoms with van der Waals surface area (Å²) in [4.78, 5) is 34.5. The summed E-state index contributed by atoms with van der Waals surface area (Å²) in [6.07, 6.45) is 2.73. The van der Waals surface area contributed by atoms with Crippen molar-refractivity contribution in [3.8, 4) is 17.5 Å². The molecule has 0 radical (unpaired) electrons. The molecule has 1 saturated carbocycles. The van der Waals surface area contributed by atoms with Crippen molar-refractivity contribution < 1.29 is 23.8 Å². The van der Waals surface area contributed by atoms with E-state index in [-0.39, 0.29) is 23.8 Å². The number of carbonyl (C=O) groups excluding carboxylic acids is 1. The van der Waals surface area contributed by atoms with Gasteiger partial charge in [0.2, 0.25) is 0 Å². The maximum atomic E-state index is 14.6. The van der Waals surface area contributed by atoms with Gasteiger partial charge in [0.15, 0.2) is 11.5 Å². The van der Waals surface area contributed by atoms with E-state index in [4.69, 9.17) is 9.47 Å². The van der Waals surface area contributed by atoms with Crippen LogP contribution in [0.2, 0.25) is 0 Å². The highest BCUT2D eigenvalue weighted by Crippen LogP contribution is 2.45. The Kier molecular flexibility index (Phi) is 4.92. The summed E-state index contributed by atoms with van der Waals surface area (Å²) in [7, 11) is 1.42. The number of H-pyrrole nitrogens is 1. The minimum Gasteiger partial charge on any atom is -0.421 e. The van der Waals surface area contributed by atoms with Crippen molar-refractivity contribution in [3.05, 3.63) is 36.2 Å². The number of aromatic nitrogens is 5. The predicted molar refractivity (Wildman–Crippen MR) is 123 cm³/mol. The van der Waals surface area contributed by atoms with E-state index in [0.717, 1.165) is 12.5 Å². The fourth-order valence-electron chi connectivity index (χ4n) is 4.88. The van der Waals surface area contributed by atoms with Gasteiger partial charge in [-0.3, -0.25) is 0 Å². The second kappa shape index (κ2) is 8.01. The van der Waals surface area contributed by atoms with Crippen LogP contribution >= 0.6 is 0 Å². The lowest BCUT2D eigenvalue weighted by Crippen LogP contribution is -2.39. The number of fused-ring (bicyclic) bond motifs is 4. The first-order chi connectivity index (χ1) is 16.9. The molecule has 0 spiro atoms. The third-order valence-electron chi connectivity index (χ3n) is 6.65. The van der Waals surface area contributed by atoms with Crippen molar-refractivity contribution in [3.63, 3.8) is 0 Å². The number of rotatable bonds is 4. The molecule has 0 bridgehead atoms. The summed E-state index contributed by atoms with van der Waals surface area (Å²) in [6, 6.07) is 2.54. The van der Waals surface area contributed by atoms with Crippen LogP contribution in [0.5, 0.6) is 17.5 Å². The first kappa shape index (κ1) is 21.5.